The molecule has 0 saturated carbocycles. The fourth-order valence-corrected chi connectivity index (χ4v) is 2.17. The number of nitrogens with two attached hydrogens (primary N) is 1. The third-order valence-corrected chi connectivity index (χ3v) is 3.35. The van der Waals surface area contributed by atoms with Gasteiger partial charge >= 0.3 is 0 Å². The van der Waals surface area contributed by atoms with E-state index in [9.17, 15) is 9.18 Å². The maximum atomic E-state index is 13.5. The van der Waals surface area contributed by atoms with Gasteiger partial charge in [0.2, 0.25) is 0 Å². The summed E-state index contributed by atoms with van der Waals surface area (Å²) < 4.78 is 13.5. The van der Waals surface area contributed by atoms with E-state index in [4.69, 9.17) is 17.3 Å². The molecular weight excluding hydrogens is 277 g/mol. The van der Waals surface area contributed by atoms with Crippen LogP contribution in [-0.2, 0) is 6.54 Å². The summed E-state index contributed by atoms with van der Waals surface area (Å²) in [6, 6.07) is 4.17. The number of hydrogen-bond donors (Lipinski definition) is 2. The van der Waals surface area contributed by atoms with E-state index in [0.717, 1.165) is 0 Å². The van der Waals surface area contributed by atoms with Gasteiger partial charge in [-0.3, -0.25) is 4.79 Å². The topological polar surface area (TPSA) is 68.0 Å². The normalized spacial score (nSPS) is 10.4. The largest absolute Gasteiger partial charge is 0.325 e. The first-order valence-corrected chi connectivity index (χ1v) is 6.27. The number of hydrogen-bond acceptors (Lipinski definition) is 4. The predicted octanol–water partition coefficient (Wildman–Crippen LogP) is 2.65. The van der Waals surface area contributed by atoms with Crippen LogP contribution in [-0.4, -0.2) is 10.9 Å². The van der Waals surface area contributed by atoms with Crippen molar-refractivity contribution >= 4 is 34.5 Å². The van der Waals surface area contributed by atoms with E-state index in [1.54, 1.807) is 5.38 Å². The van der Waals surface area contributed by atoms with Crippen molar-refractivity contribution in [3.05, 3.63) is 45.1 Å². The smallest absolute Gasteiger partial charge is 0.275 e. The first kappa shape index (κ1) is 12.9. The predicted molar refractivity (Wildman–Crippen MR) is 69.4 cm³/mol. The number of rotatable bonds is 3. The van der Waals surface area contributed by atoms with Gasteiger partial charge in [0, 0.05) is 11.9 Å². The number of carbonyl (C=O) groups excluding carboxylic acids is 1. The highest BCUT2D eigenvalue weighted by Crippen LogP contribution is 2.25. The Morgan fingerprint density at radius 1 is 1.56 bits per heavy atom. The van der Waals surface area contributed by atoms with E-state index in [2.05, 4.69) is 10.3 Å². The molecule has 0 aliphatic rings. The van der Waals surface area contributed by atoms with Gasteiger partial charge in [0.15, 0.2) is 0 Å². The summed E-state index contributed by atoms with van der Waals surface area (Å²) in [6.45, 7) is 0.262. The SMILES string of the molecule is NCc1nc(C(=O)Nc2c(F)cccc2Cl)cs1. The number of thiazole rings is 1. The Morgan fingerprint density at radius 3 is 2.94 bits per heavy atom. The molecule has 0 atom stereocenters. The first-order valence-electron chi connectivity index (χ1n) is 5.01. The van der Waals surface area contributed by atoms with Crippen LogP contribution < -0.4 is 11.1 Å². The lowest BCUT2D eigenvalue weighted by atomic mass is 10.3. The van der Waals surface area contributed by atoms with Crippen LogP contribution >= 0.6 is 22.9 Å². The van der Waals surface area contributed by atoms with Crippen molar-refractivity contribution in [3.8, 4) is 0 Å². The number of carbonyl (C=O) groups is 1. The molecule has 18 heavy (non-hydrogen) atoms. The fourth-order valence-electron chi connectivity index (χ4n) is 1.30. The second-order valence-electron chi connectivity index (χ2n) is 3.38. The van der Waals surface area contributed by atoms with Crippen LogP contribution in [0.1, 0.15) is 15.5 Å². The van der Waals surface area contributed by atoms with Gasteiger partial charge in [-0.25, -0.2) is 9.37 Å². The van der Waals surface area contributed by atoms with Crippen LogP contribution in [0.2, 0.25) is 5.02 Å². The van der Waals surface area contributed by atoms with Crippen molar-refractivity contribution in [1.29, 1.82) is 0 Å². The lowest BCUT2D eigenvalue weighted by Gasteiger charge is -2.06. The molecule has 1 heterocycles. The molecular formula is C11H9ClFN3OS. The first-order chi connectivity index (χ1) is 8.61. The Kier molecular flexibility index (Phi) is 3.90. The fraction of sp³-hybridized carbons (Fsp3) is 0.0909. The molecule has 0 aliphatic heterocycles. The maximum Gasteiger partial charge on any atom is 0.275 e. The molecule has 0 bridgehead atoms. The number of benzene rings is 1. The molecule has 1 amide bonds. The van der Waals surface area contributed by atoms with Gasteiger partial charge in [0.25, 0.3) is 5.91 Å². The zero-order valence-electron chi connectivity index (χ0n) is 9.11. The van der Waals surface area contributed by atoms with Gasteiger partial charge in [0.1, 0.15) is 16.5 Å². The molecule has 0 saturated heterocycles. The van der Waals surface area contributed by atoms with Gasteiger partial charge in [0.05, 0.1) is 10.7 Å². The van der Waals surface area contributed by atoms with Crippen molar-refractivity contribution in [3.63, 3.8) is 0 Å². The van der Waals surface area contributed by atoms with Gasteiger partial charge in [-0.15, -0.1) is 11.3 Å². The Balaban J connectivity index is 2.21. The number of anilines is 1. The number of halogens is 2. The van der Waals surface area contributed by atoms with E-state index >= 15 is 0 Å². The quantitative estimate of drug-likeness (QED) is 0.911. The molecule has 7 heteroatoms. The zero-order valence-corrected chi connectivity index (χ0v) is 10.7. The minimum absolute atomic E-state index is 0.0496. The maximum absolute atomic E-state index is 13.5. The number of nitrogens with one attached hydrogen (secondary N) is 1. The van der Waals surface area contributed by atoms with Crippen LogP contribution in [0.4, 0.5) is 10.1 Å². The van der Waals surface area contributed by atoms with Gasteiger partial charge < -0.3 is 11.1 Å². The highest BCUT2D eigenvalue weighted by atomic mass is 35.5. The van der Waals surface area contributed by atoms with E-state index in [-0.39, 0.29) is 22.9 Å². The highest BCUT2D eigenvalue weighted by Gasteiger charge is 2.14. The summed E-state index contributed by atoms with van der Waals surface area (Å²) in [7, 11) is 0. The third-order valence-electron chi connectivity index (χ3n) is 2.16. The molecule has 2 rings (SSSR count). The summed E-state index contributed by atoms with van der Waals surface area (Å²) in [6.07, 6.45) is 0. The Labute approximate surface area is 112 Å². The van der Waals surface area contributed by atoms with Crippen LogP contribution in [0, 0.1) is 5.82 Å². The van der Waals surface area contributed by atoms with E-state index in [1.807, 2.05) is 0 Å². The minimum Gasteiger partial charge on any atom is -0.325 e. The molecule has 0 unspecified atom stereocenters. The van der Waals surface area contributed by atoms with Crippen LogP contribution in [0.25, 0.3) is 0 Å². The molecule has 0 radical (unpaired) electrons. The van der Waals surface area contributed by atoms with E-state index in [1.165, 1.54) is 29.5 Å². The second kappa shape index (κ2) is 5.43. The third kappa shape index (κ3) is 2.66. The van der Waals surface area contributed by atoms with Crippen molar-refractivity contribution in [2.45, 2.75) is 6.54 Å². The molecule has 1 aromatic carbocycles. The molecule has 0 fully saturated rings. The van der Waals surface area contributed by atoms with E-state index < -0.39 is 11.7 Å². The molecule has 1 aromatic heterocycles. The average molecular weight is 286 g/mol. The van der Waals surface area contributed by atoms with Gasteiger partial charge in [-0.1, -0.05) is 17.7 Å². The second-order valence-corrected chi connectivity index (χ2v) is 4.73. The van der Waals surface area contributed by atoms with Crippen LogP contribution in [0.15, 0.2) is 23.6 Å². The number of amides is 1. The molecule has 0 spiro atoms. The standard InChI is InChI=1S/C11H9ClFN3OS/c12-6-2-1-3-7(13)10(6)16-11(17)8-5-18-9(4-14)15-8/h1-3,5H,4,14H2,(H,16,17). The van der Waals surface area contributed by atoms with Crippen LogP contribution in [0.5, 0.6) is 0 Å². The molecule has 4 nitrogen and oxygen atoms in total. The summed E-state index contributed by atoms with van der Waals surface area (Å²) >= 11 is 7.07. The van der Waals surface area contributed by atoms with Crippen LogP contribution in [0.3, 0.4) is 0 Å². The molecule has 94 valence electrons. The zero-order chi connectivity index (χ0) is 13.1. The Morgan fingerprint density at radius 2 is 2.33 bits per heavy atom. The minimum atomic E-state index is -0.592. The highest BCUT2D eigenvalue weighted by molar-refractivity contribution is 7.09. The number of nitrogens with zero attached hydrogens (tertiary/aromatic N) is 1. The van der Waals surface area contributed by atoms with E-state index in [0.29, 0.717) is 5.01 Å². The molecule has 2 aromatic rings. The summed E-state index contributed by atoms with van der Waals surface area (Å²) in [5, 5.41) is 4.73. The van der Waals surface area contributed by atoms with Crippen molar-refractivity contribution in [2.75, 3.05) is 5.32 Å². The van der Waals surface area contributed by atoms with Gasteiger partial charge in [-0.2, -0.15) is 0 Å². The average Bonchev–Trinajstić information content (AvgIpc) is 2.82. The molecule has 3 N–H and O–H groups in total. The lowest BCUT2D eigenvalue weighted by molar-refractivity contribution is 0.102. The van der Waals surface area contributed by atoms with Crippen molar-refractivity contribution in [1.82, 2.24) is 4.98 Å². The number of para-hydroxylation sites is 1. The summed E-state index contributed by atoms with van der Waals surface area (Å²) in [4.78, 5) is 15.8. The monoisotopic (exact) mass is 285 g/mol. The summed E-state index contributed by atoms with van der Waals surface area (Å²) in [5.41, 5.74) is 5.54. The van der Waals surface area contributed by atoms with Crippen molar-refractivity contribution < 1.29 is 9.18 Å². The summed E-state index contributed by atoms with van der Waals surface area (Å²) in [5.74, 6) is -1.11. The number of aromatic nitrogens is 1. The lowest BCUT2D eigenvalue weighted by Crippen LogP contribution is -2.14. The van der Waals surface area contributed by atoms with Crippen molar-refractivity contribution in [2.24, 2.45) is 5.73 Å². The molecule has 0 aliphatic carbocycles. The Bertz CT molecular complexity index is 567. The van der Waals surface area contributed by atoms with Gasteiger partial charge in [-0.05, 0) is 12.1 Å². The Hall–Kier alpha value is -1.50.